The number of rotatable bonds is 7. The molecule has 1 N–H and O–H groups in total. The van der Waals surface area contributed by atoms with E-state index in [-0.39, 0.29) is 5.91 Å². The van der Waals surface area contributed by atoms with Gasteiger partial charge in [0.25, 0.3) is 5.91 Å². The Labute approximate surface area is 180 Å². The Kier molecular flexibility index (Phi) is 6.88. The molecule has 28 heavy (non-hydrogen) atoms. The molecule has 0 saturated carbocycles. The Hall–Kier alpha value is -2.16. The van der Waals surface area contributed by atoms with Crippen LogP contribution in [0.1, 0.15) is 11.1 Å². The number of thioether (sulfide) groups is 1. The van der Waals surface area contributed by atoms with Crippen LogP contribution in [0, 0.1) is 0 Å². The molecule has 2 aromatic rings. The van der Waals surface area contributed by atoms with Gasteiger partial charge in [-0.25, -0.2) is 4.79 Å². The van der Waals surface area contributed by atoms with Crippen molar-refractivity contribution in [1.82, 2.24) is 4.90 Å². The average molecular weight is 478 g/mol. The Morgan fingerprint density at radius 1 is 1.25 bits per heavy atom. The fraction of sp³-hybridized carbons (Fsp3) is 0.150. The van der Waals surface area contributed by atoms with Gasteiger partial charge in [-0.1, -0.05) is 70.2 Å². The van der Waals surface area contributed by atoms with E-state index >= 15 is 0 Å². The van der Waals surface area contributed by atoms with Crippen molar-refractivity contribution in [3.8, 4) is 5.75 Å². The molecule has 2 aromatic carbocycles. The van der Waals surface area contributed by atoms with Crippen molar-refractivity contribution in [1.29, 1.82) is 0 Å². The number of carboxylic acid groups (broad SMARTS) is 1. The summed E-state index contributed by atoms with van der Waals surface area (Å²) >= 11 is 10.00. The summed E-state index contributed by atoms with van der Waals surface area (Å²) in [4.78, 5) is 25.7. The molecule has 1 amide bonds. The zero-order chi connectivity index (χ0) is 20.1. The van der Waals surface area contributed by atoms with Crippen molar-refractivity contribution < 1.29 is 19.4 Å². The molecule has 8 heteroatoms. The van der Waals surface area contributed by atoms with Gasteiger partial charge < -0.3 is 9.84 Å². The predicted molar refractivity (Wildman–Crippen MR) is 117 cm³/mol. The third-order valence-electron chi connectivity index (χ3n) is 3.95. The molecule has 0 aromatic heterocycles. The number of aliphatic carboxylic acids is 1. The maximum absolute atomic E-state index is 12.8. The van der Waals surface area contributed by atoms with Crippen LogP contribution in [0.25, 0.3) is 6.08 Å². The van der Waals surface area contributed by atoms with Crippen LogP contribution >= 0.6 is 39.9 Å². The van der Waals surface area contributed by atoms with Crippen LogP contribution in [0.5, 0.6) is 5.75 Å². The number of amides is 1. The third-order valence-corrected chi connectivity index (χ3v) is 5.82. The number of hydrogen-bond acceptors (Lipinski definition) is 5. The molecule has 3 rings (SSSR count). The first-order valence-electron chi connectivity index (χ1n) is 8.37. The van der Waals surface area contributed by atoms with Gasteiger partial charge in [-0.15, -0.1) is 0 Å². The number of halogens is 1. The lowest BCUT2D eigenvalue weighted by Gasteiger charge is -2.14. The molecule has 1 aliphatic rings. The number of carbonyl (C=O) groups is 2. The summed E-state index contributed by atoms with van der Waals surface area (Å²) in [6.07, 6.45) is 2.40. The van der Waals surface area contributed by atoms with Gasteiger partial charge in [0.2, 0.25) is 0 Å². The van der Waals surface area contributed by atoms with Crippen molar-refractivity contribution in [2.24, 2.45) is 0 Å². The van der Waals surface area contributed by atoms with E-state index < -0.39 is 12.6 Å². The molecule has 0 unspecified atom stereocenters. The highest BCUT2D eigenvalue weighted by Crippen LogP contribution is 2.35. The summed E-state index contributed by atoms with van der Waals surface area (Å²) in [6.45, 7) is 0.0490. The number of nitrogens with zero attached hydrogens (tertiary/aromatic N) is 1. The van der Waals surface area contributed by atoms with Crippen molar-refractivity contribution >= 4 is 62.2 Å². The zero-order valence-electron chi connectivity index (χ0n) is 14.6. The summed E-state index contributed by atoms with van der Waals surface area (Å²) in [5, 5.41) is 8.84. The Balaban J connectivity index is 1.77. The minimum atomic E-state index is -1.07. The van der Waals surface area contributed by atoms with Gasteiger partial charge in [0.05, 0.1) is 4.91 Å². The SMILES string of the molecule is O=C(O)COc1ccc(Br)cc1C=C1SC(=S)N(CCc2ccccc2)C1=O. The van der Waals surface area contributed by atoms with E-state index in [1.54, 1.807) is 29.2 Å². The van der Waals surface area contributed by atoms with Gasteiger partial charge in [-0.2, -0.15) is 0 Å². The second kappa shape index (κ2) is 9.36. The minimum Gasteiger partial charge on any atom is -0.481 e. The highest BCUT2D eigenvalue weighted by molar-refractivity contribution is 9.10. The highest BCUT2D eigenvalue weighted by Gasteiger charge is 2.31. The van der Waals surface area contributed by atoms with E-state index in [2.05, 4.69) is 15.9 Å². The number of benzene rings is 2. The fourth-order valence-corrected chi connectivity index (χ4v) is 4.30. The molecule has 0 aliphatic carbocycles. The smallest absolute Gasteiger partial charge is 0.341 e. The first-order valence-corrected chi connectivity index (χ1v) is 10.4. The summed E-state index contributed by atoms with van der Waals surface area (Å²) in [7, 11) is 0. The number of carboxylic acids is 1. The molecule has 144 valence electrons. The molecule has 0 radical (unpaired) electrons. The van der Waals surface area contributed by atoms with E-state index in [1.807, 2.05) is 30.3 Å². The van der Waals surface area contributed by atoms with E-state index in [1.165, 1.54) is 11.8 Å². The number of ether oxygens (including phenoxy) is 1. The summed E-state index contributed by atoms with van der Waals surface area (Å²) in [5.41, 5.74) is 1.75. The molecular weight excluding hydrogens is 462 g/mol. The topological polar surface area (TPSA) is 66.8 Å². The molecular formula is C20H16BrNO4S2. The third kappa shape index (κ3) is 5.21. The van der Waals surface area contributed by atoms with Gasteiger partial charge in [0.1, 0.15) is 10.1 Å². The largest absolute Gasteiger partial charge is 0.481 e. The first kappa shape index (κ1) is 20.6. The Bertz CT molecular complexity index is 946. The lowest BCUT2D eigenvalue weighted by atomic mass is 10.1. The van der Waals surface area contributed by atoms with Crippen LogP contribution in [-0.2, 0) is 16.0 Å². The second-order valence-electron chi connectivity index (χ2n) is 5.93. The second-order valence-corrected chi connectivity index (χ2v) is 8.52. The molecule has 0 spiro atoms. The van der Waals surface area contributed by atoms with Crippen LogP contribution in [0.4, 0.5) is 0 Å². The van der Waals surface area contributed by atoms with Crippen LogP contribution in [0.15, 0.2) is 57.9 Å². The average Bonchev–Trinajstić information content (AvgIpc) is 2.93. The normalized spacial score (nSPS) is 15.3. The molecule has 1 saturated heterocycles. The summed E-state index contributed by atoms with van der Waals surface area (Å²) in [5.74, 6) is -0.837. The van der Waals surface area contributed by atoms with Crippen LogP contribution in [0.3, 0.4) is 0 Å². The zero-order valence-corrected chi connectivity index (χ0v) is 17.9. The number of thiocarbonyl (C=S) groups is 1. The van der Waals surface area contributed by atoms with Crippen LogP contribution in [-0.4, -0.2) is 39.4 Å². The van der Waals surface area contributed by atoms with Crippen LogP contribution in [0.2, 0.25) is 0 Å². The van der Waals surface area contributed by atoms with Crippen molar-refractivity contribution in [3.63, 3.8) is 0 Å². The fourth-order valence-electron chi connectivity index (χ4n) is 2.62. The maximum atomic E-state index is 12.8. The van der Waals surface area contributed by atoms with E-state index in [9.17, 15) is 9.59 Å². The van der Waals surface area contributed by atoms with Gasteiger partial charge in [0, 0.05) is 16.6 Å². The molecule has 5 nitrogen and oxygen atoms in total. The van der Waals surface area contributed by atoms with Crippen molar-refractivity contribution in [2.45, 2.75) is 6.42 Å². The Morgan fingerprint density at radius 2 is 2.00 bits per heavy atom. The summed E-state index contributed by atoms with van der Waals surface area (Å²) < 4.78 is 6.63. The van der Waals surface area contributed by atoms with Gasteiger partial charge in [-0.3, -0.25) is 9.69 Å². The lowest BCUT2D eigenvalue weighted by Crippen LogP contribution is -2.30. The minimum absolute atomic E-state index is 0.157. The highest BCUT2D eigenvalue weighted by atomic mass is 79.9. The quantitative estimate of drug-likeness (QED) is 0.472. The van der Waals surface area contributed by atoms with Crippen molar-refractivity contribution in [2.75, 3.05) is 13.2 Å². The summed E-state index contributed by atoms with van der Waals surface area (Å²) in [6, 6.07) is 15.1. The molecule has 1 aliphatic heterocycles. The van der Waals surface area contributed by atoms with Gasteiger partial charge in [-0.05, 0) is 36.3 Å². The Morgan fingerprint density at radius 3 is 2.71 bits per heavy atom. The molecule has 0 atom stereocenters. The van der Waals surface area contributed by atoms with E-state index in [0.717, 1.165) is 10.0 Å². The number of carbonyl (C=O) groups excluding carboxylic acids is 1. The lowest BCUT2D eigenvalue weighted by molar-refractivity contribution is -0.139. The maximum Gasteiger partial charge on any atom is 0.341 e. The number of hydrogen-bond donors (Lipinski definition) is 1. The molecule has 1 heterocycles. The van der Waals surface area contributed by atoms with Gasteiger partial charge >= 0.3 is 5.97 Å². The van der Waals surface area contributed by atoms with E-state index in [0.29, 0.717) is 33.5 Å². The monoisotopic (exact) mass is 477 g/mol. The van der Waals surface area contributed by atoms with Crippen molar-refractivity contribution in [3.05, 3.63) is 69.0 Å². The van der Waals surface area contributed by atoms with E-state index in [4.69, 9.17) is 22.1 Å². The molecule has 0 bridgehead atoms. The standard InChI is InChI=1S/C20H16BrNO4S2/c21-15-6-7-16(26-12-18(23)24)14(10-15)11-17-19(25)22(20(27)28-17)9-8-13-4-2-1-3-5-13/h1-7,10-11H,8-9,12H2,(H,23,24). The molecule has 1 fully saturated rings. The predicted octanol–water partition coefficient (Wildman–Crippen LogP) is 4.36. The van der Waals surface area contributed by atoms with Crippen LogP contribution < -0.4 is 4.74 Å². The van der Waals surface area contributed by atoms with Gasteiger partial charge in [0.15, 0.2) is 6.61 Å². The first-order chi connectivity index (χ1) is 13.4.